The number of nitrogens with zero attached hydrogens (tertiary/aromatic N) is 1. The summed E-state index contributed by atoms with van der Waals surface area (Å²) in [5.74, 6) is 2.57. The molecule has 1 saturated heterocycles. The van der Waals surface area contributed by atoms with Crippen LogP contribution in [-0.2, 0) is 11.2 Å². The van der Waals surface area contributed by atoms with E-state index < -0.39 is 12.1 Å². The smallest absolute Gasteiger partial charge is 0.224 e. The van der Waals surface area contributed by atoms with Crippen molar-refractivity contribution in [3.05, 3.63) is 83.9 Å². The number of carbonyl (C=O) groups is 1. The SMILES string of the molecule is O=C(Cc1cccc(Oc2ccccc2)c1)NC(CN1CCCC1)[C@H](O)c1ccc2c(c1)OCCO2. The van der Waals surface area contributed by atoms with E-state index in [1.807, 2.05) is 72.8 Å². The van der Waals surface area contributed by atoms with Crippen LogP contribution in [0.5, 0.6) is 23.0 Å². The zero-order valence-corrected chi connectivity index (χ0v) is 20.3. The molecule has 1 fully saturated rings. The summed E-state index contributed by atoms with van der Waals surface area (Å²) in [6, 6.07) is 22.1. The van der Waals surface area contributed by atoms with Gasteiger partial charge in [0.2, 0.25) is 5.91 Å². The summed E-state index contributed by atoms with van der Waals surface area (Å²) in [4.78, 5) is 15.4. The lowest BCUT2D eigenvalue weighted by atomic mass is 10.0. The Labute approximate surface area is 211 Å². The predicted molar refractivity (Wildman–Crippen MR) is 137 cm³/mol. The minimum absolute atomic E-state index is 0.146. The Morgan fingerprint density at radius 2 is 1.67 bits per heavy atom. The first-order chi connectivity index (χ1) is 17.6. The van der Waals surface area contributed by atoms with Gasteiger partial charge in [0.25, 0.3) is 0 Å². The first kappa shape index (κ1) is 24.2. The number of carbonyl (C=O) groups excluding carboxylic acids is 1. The number of amides is 1. The van der Waals surface area contributed by atoms with Crippen molar-refractivity contribution in [2.45, 2.75) is 31.4 Å². The van der Waals surface area contributed by atoms with E-state index in [-0.39, 0.29) is 12.3 Å². The van der Waals surface area contributed by atoms with Gasteiger partial charge < -0.3 is 29.5 Å². The molecule has 7 nitrogen and oxygen atoms in total. The molecule has 0 bridgehead atoms. The van der Waals surface area contributed by atoms with Crippen LogP contribution >= 0.6 is 0 Å². The molecule has 0 spiro atoms. The standard InChI is InChI=1S/C29H32N2O5/c32-28(18-21-7-6-10-24(17-21)36-23-8-2-1-3-9-23)30-25(20-31-13-4-5-14-31)29(33)22-11-12-26-27(19-22)35-16-15-34-26/h1-3,6-12,17,19,25,29,33H,4-5,13-16,18,20H2,(H,30,32)/t25?,29-/m1/s1. The Bertz CT molecular complexity index is 1160. The Morgan fingerprint density at radius 1 is 0.917 bits per heavy atom. The lowest BCUT2D eigenvalue weighted by Gasteiger charge is -2.29. The number of benzene rings is 3. The van der Waals surface area contributed by atoms with E-state index in [1.165, 1.54) is 0 Å². The number of fused-ring (bicyclic) bond motifs is 1. The molecule has 5 rings (SSSR count). The molecular weight excluding hydrogens is 456 g/mol. The average molecular weight is 489 g/mol. The molecule has 0 radical (unpaired) electrons. The summed E-state index contributed by atoms with van der Waals surface area (Å²) < 4.78 is 17.2. The van der Waals surface area contributed by atoms with Gasteiger partial charge in [-0.1, -0.05) is 36.4 Å². The topological polar surface area (TPSA) is 80.3 Å². The second-order valence-corrected chi connectivity index (χ2v) is 9.27. The van der Waals surface area contributed by atoms with Crippen molar-refractivity contribution in [3.63, 3.8) is 0 Å². The van der Waals surface area contributed by atoms with Crippen LogP contribution in [0.2, 0.25) is 0 Å². The van der Waals surface area contributed by atoms with Gasteiger partial charge in [-0.25, -0.2) is 0 Å². The van der Waals surface area contributed by atoms with Gasteiger partial charge >= 0.3 is 0 Å². The number of para-hydroxylation sites is 1. The van der Waals surface area contributed by atoms with Gasteiger partial charge in [-0.05, 0) is 73.5 Å². The van der Waals surface area contributed by atoms with Crippen LogP contribution in [-0.4, -0.2) is 54.8 Å². The molecule has 2 aliphatic rings. The molecule has 3 aromatic carbocycles. The average Bonchev–Trinajstić information content (AvgIpc) is 3.41. The molecule has 0 aromatic heterocycles. The highest BCUT2D eigenvalue weighted by Crippen LogP contribution is 2.33. The van der Waals surface area contributed by atoms with Crippen molar-refractivity contribution in [1.29, 1.82) is 0 Å². The Morgan fingerprint density at radius 3 is 2.47 bits per heavy atom. The van der Waals surface area contributed by atoms with Gasteiger partial charge in [0.05, 0.1) is 12.5 Å². The third-order valence-electron chi connectivity index (χ3n) is 6.53. The van der Waals surface area contributed by atoms with Crippen LogP contribution in [0.4, 0.5) is 0 Å². The Balaban J connectivity index is 1.27. The number of hydrogen-bond acceptors (Lipinski definition) is 6. The third-order valence-corrected chi connectivity index (χ3v) is 6.53. The van der Waals surface area contributed by atoms with Crippen LogP contribution in [0.25, 0.3) is 0 Å². The summed E-state index contributed by atoms with van der Waals surface area (Å²) in [5, 5.41) is 14.4. The van der Waals surface area contributed by atoms with E-state index in [1.54, 1.807) is 0 Å². The number of rotatable bonds is 9. The summed E-state index contributed by atoms with van der Waals surface area (Å²) in [6.07, 6.45) is 1.58. The summed E-state index contributed by atoms with van der Waals surface area (Å²) in [7, 11) is 0. The predicted octanol–water partition coefficient (Wildman–Crippen LogP) is 4.11. The molecule has 188 valence electrons. The molecule has 2 aliphatic heterocycles. The van der Waals surface area contributed by atoms with Gasteiger partial charge in [-0.3, -0.25) is 4.79 Å². The molecule has 0 aliphatic carbocycles. The van der Waals surface area contributed by atoms with E-state index in [9.17, 15) is 9.90 Å². The zero-order chi connectivity index (χ0) is 24.7. The highest BCUT2D eigenvalue weighted by Gasteiger charge is 2.28. The molecular formula is C29H32N2O5. The highest BCUT2D eigenvalue weighted by molar-refractivity contribution is 5.79. The molecule has 0 saturated carbocycles. The third kappa shape index (κ3) is 6.17. The van der Waals surface area contributed by atoms with Crippen LogP contribution in [0.15, 0.2) is 72.8 Å². The lowest BCUT2D eigenvalue weighted by Crippen LogP contribution is -2.47. The van der Waals surface area contributed by atoms with Gasteiger partial charge in [0.15, 0.2) is 11.5 Å². The summed E-state index contributed by atoms with van der Waals surface area (Å²) in [5.41, 5.74) is 1.54. The molecule has 2 heterocycles. The number of nitrogens with one attached hydrogen (secondary N) is 1. The van der Waals surface area contributed by atoms with Crippen LogP contribution in [0.1, 0.15) is 30.1 Å². The number of aliphatic hydroxyl groups excluding tert-OH is 1. The maximum absolute atomic E-state index is 13.1. The Hall–Kier alpha value is -3.55. The maximum Gasteiger partial charge on any atom is 0.224 e. The van der Waals surface area contributed by atoms with Gasteiger partial charge in [0.1, 0.15) is 30.8 Å². The van der Waals surface area contributed by atoms with Crippen molar-refractivity contribution in [2.75, 3.05) is 32.8 Å². The van der Waals surface area contributed by atoms with E-state index in [2.05, 4.69) is 10.2 Å². The fraction of sp³-hybridized carbons (Fsp3) is 0.345. The van der Waals surface area contributed by atoms with Gasteiger partial charge in [-0.15, -0.1) is 0 Å². The summed E-state index contributed by atoms with van der Waals surface area (Å²) in [6.45, 7) is 3.52. The fourth-order valence-electron chi connectivity index (χ4n) is 4.73. The second-order valence-electron chi connectivity index (χ2n) is 9.27. The molecule has 36 heavy (non-hydrogen) atoms. The van der Waals surface area contributed by atoms with E-state index >= 15 is 0 Å². The Kier molecular flexibility index (Phi) is 7.69. The van der Waals surface area contributed by atoms with Crippen LogP contribution in [0.3, 0.4) is 0 Å². The minimum Gasteiger partial charge on any atom is -0.486 e. The van der Waals surface area contributed by atoms with E-state index in [4.69, 9.17) is 14.2 Å². The van der Waals surface area contributed by atoms with Crippen molar-refractivity contribution in [3.8, 4) is 23.0 Å². The quantitative estimate of drug-likeness (QED) is 0.472. The minimum atomic E-state index is -0.877. The van der Waals surface area contributed by atoms with Crippen molar-refractivity contribution in [2.24, 2.45) is 0 Å². The van der Waals surface area contributed by atoms with Crippen molar-refractivity contribution < 1.29 is 24.1 Å². The number of likely N-dealkylation sites (tertiary alicyclic amines) is 1. The van der Waals surface area contributed by atoms with Crippen molar-refractivity contribution >= 4 is 5.91 Å². The monoisotopic (exact) mass is 488 g/mol. The number of aliphatic hydroxyl groups is 1. The van der Waals surface area contributed by atoms with Crippen LogP contribution < -0.4 is 19.5 Å². The molecule has 2 atom stereocenters. The van der Waals surface area contributed by atoms with E-state index in [0.717, 1.165) is 37.2 Å². The second kappa shape index (κ2) is 11.5. The van der Waals surface area contributed by atoms with Crippen LogP contribution in [0, 0.1) is 0 Å². The van der Waals surface area contributed by atoms with Gasteiger partial charge in [-0.2, -0.15) is 0 Å². The largest absolute Gasteiger partial charge is 0.486 e. The zero-order valence-electron chi connectivity index (χ0n) is 20.3. The molecule has 3 aromatic rings. The van der Waals surface area contributed by atoms with E-state index in [0.29, 0.717) is 42.6 Å². The maximum atomic E-state index is 13.1. The lowest BCUT2D eigenvalue weighted by molar-refractivity contribution is -0.122. The molecule has 1 amide bonds. The molecule has 7 heteroatoms. The normalized spacial score (nSPS) is 16.8. The molecule has 1 unspecified atom stereocenters. The fourth-order valence-corrected chi connectivity index (χ4v) is 4.73. The first-order valence-corrected chi connectivity index (χ1v) is 12.6. The van der Waals surface area contributed by atoms with Gasteiger partial charge in [0, 0.05) is 6.54 Å². The number of hydrogen-bond donors (Lipinski definition) is 2. The first-order valence-electron chi connectivity index (χ1n) is 12.6. The molecule has 2 N–H and O–H groups in total. The van der Waals surface area contributed by atoms with Crippen molar-refractivity contribution in [1.82, 2.24) is 10.2 Å². The number of ether oxygens (including phenoxy) is 3. The summed E-state index contributed by atoms with van der Waals surface area (Å²) >= 11 is 0. The highest BCUT2D eigenvalue weighted by atomic mass is 16.6.